The largest absolute Gasteiger partial charge is 0.481 e. The van der Waals surface area contributed by atoms with E-state index in [2.05, 4.69) is 4.98 Å². The zero-order valence-corrected chi connectivity index (χ0v) is 17.2. The highest BCUT2D eigenvalue weighted by molar-refractivity contribution is 6.09. The fourth-order valence-electron chi connectivity index (χ4n) is 5.50. The summed E-state index contributed by atoms with van der Waals surface area (Å²) in [5, 5.41) is 11.5. The topological polar surface area (TPSA) is 83.0 Å². The van der Waals surface area contributed by atoms with Crippen LogP contribution in [0.4, 0.5) is 0 Å². The molecule has 1 aromatic heterocycles. The Morgan fingerprint density at radius 3 is 2.63 bits per heavy atom. The summed E-state index contributed by atoms with van der Waals surface area (Å²) in [5.41, 5.74) is 1.49. The fourth-order valence-corrected chi connectivity index (χ4v) is 5.50. The Balaban J connectivity index is 1.47. The Kier molecular flexibility index (Phi) is 4.32. The van der Waals surface area contributed by atoms with Crippen molar-refractivity contribution in [2.24, 2.45) is 0 Å². The average molecular weight is 407 g/mol. The molecular weight excluding hydrogens is 382 g/mol. The summed E-state index contributed by atoms with van der Waals surface area (Å²) in [6, 6.07) is 8.98. The monoisotopic (exact) mass is 407 g/mol. The molecule has 1 aromatic carbocycles. The third-order valence-corrected chi connectivity index (χ3v) is 6.82. The highest BCUT2D eigenvalue weighted by Gasteiger charge is 2.51. The maximum atomic E-state index is 13.6. The molecule has 2 aromatic rings. The van der Waals surface area contributed by atoms with Crippen LogP contribution in [0, 0.1) is 0 Å². The van der Waals surface area contributed by atoms with Crippen molar-refractivity contribution in [1.82, 2.24) is 14.8 Å². The van der Waals surface area contributed by atoms with Crippen molar-refractivity contribution in [3.63, 3.8) is 0 Å². The van der Waals surface area contributed by atoms with Gasteiger partial charge in [0, 0.05) is 50.3 Å². The van der Waals surface area contributed by atoms with Gasteiger partial charge in [0.25, 0.3) is 11.8 Å². The molecular formula is C23H25N3O4. The molecule has 7 heteroatoms. The second-order valence-electron chi connectivity index (χ2n) is 8.60. The van der Waals surface area contributed by atoms with Gasteiger partial charge in [-0.1, -0.05) is 12.1 Å². The predicted molar refractivity (Wildman–Crippen MR) is 109 cm³/mol. The molecule has 3 aliphatic heterocycles. The molecule has 2 saturated heterocycles. The third kappa shape index (κ3) is 2.72. The minimum Gasteiger partial charge on any atom is -0.481 e. The number of nitrogens with zero attached hydrogens (tertiary/aromatic N) is 3. The minimum absolute atomic E-state index is 0.0868. The molecule has 3 atom stereocenters. The first-order valence-electron chi connectivity index (χ1n) is 10.3. The highest BCUT2D eigenvalue weighted by atomic mass is 16.5. The number of fused-ring (bicyclic) bond motifs is 3. The molecule has 2 fully saturated rings. The van der Waals surface area contributed by atoms with Gasteiger partial charge in [0.1, 0.15) is 0 Å². The minimum atomic E-state index is -1.09. The Morgan fingerprint density at radius 1 is 1.20 bits per heavy atom. The van der Waals surface area contributed by atoms with Crippen LogP contribution in [-0.2, 0) is 12.1 Å². The van der Waals surface area contributed by atoms with E-state index in [9.17, 15) is 14.7 Å². The van der Waals surface area contributed by atoms with E-state index in [0.29, 0.717) is 42.0 Å². The number of ether oxygens (including phenoxy) is 1. The molecule has 7 nitrogen and oxygen atoms in total. The summed E-state index contributed by atoms with van der Waals surface area (Å²) in [5.74, 6) is 0.215. The first-order valence-corrected chi connectivity index (χ1v) is 10.3. The van der Waals surface area contributed by atoms with E-state index < -0.39 is 5.60 Å². The molecule has 1 unspecified atom stereocenters. The molecule has 2 bridgehead atoms. The Morgan fingerprint density at radius 2 is 1.93 bits per heavy atom. The predicted octanol–water partition coefficient (Wildman–Crippen LogP) is 2.33. The Hall–Kier alpha value is -2.93. The van der Waals surface area contributed by atoms with Gasteiger partial charge in [-0.3, -0.25) is 9.59 Å². The fraction of sp³-hybridized carbons (Fsp3) is 0.435. The van der Waals surface area contributed by atoms with Crippen molar-refractivity contribution >= 4 is 11.8 Å². The number of aliphatic hydroxyl groups is 1. The maximum absolute atomic E-state index is 13.6. The summed E-state index contributed by atoms with van der Waals surface area (Å²) in [6.45, 7) is 0.530. The van der Waals surface area contributed by atoms with Crippen LogP contribution in [0.2, 0.25) is 0 Å². The van der Waals surface area contributed by atoms with Gasteiger partial charge in [0.05, 0.1) is 23.8 Å². The molecule has 1 N–H and O–H groups in total. The third-order valence-electron chi connectivity index (χ3n) is 6.82. The van der Waals surface area contributed by atoms with E-state index in [1.165, 1.54) is 0 Å². The van der Waals surface area contributed by atoms with Crippen LogP contribution in [0.25, 0.3) is 0 Å². The lowest BCUT2D eigenvalue weighted by molar-refractivity contribution is -0.0494. The second-order valence-corrected chi connectivity index (χ2v) is 8.60. The first-order chi connectivity index (χ1) is 14.4. The van der Waals surface area contributed by atoms with Crippen LogP contribution in [0.5, 0.6) is 5.88 Å². The van der Waals surface area contributed by atoms with Crippen molar-refractivity contribution < 1.29 is 19.4 Å². The van der Waals surface area contributed by atoms with Crippen LogP contribution in [0.15, 0.2) is 36.5 Å². The highest BCUT2D eigenvalue weighted by Crippen LogP contribution is 2.48. The molecule has 5 rings (SSSR count). The molecule has 0 saturated carbocycles. The quantitative estimate of drug-likeness (QED) is 0.844. The molecule has 0 radical (unpaired) electrons. The van der Waals surface area contributed by atoms with Gasteiger partial charge in [-0.05, 0) is 36.6 Å². The van der Waals surface area contributed by atoms with Crippen LogP contribution >= 0.6 is 0 Å². The van der Waals surface area contributed by atoms with E-state index >= 15 is 0 Å². The van der Waals surface area contributed by atoms with E-state index in [-0.39, 0.29) is 23.9 Å². The maximum Gasteiger partial charge on any atom is 0.255 e. The average Bonchev–Trinajstić information content (AvgIpc) is 3.20. The van der Waals surface area contributed by atoms with E-state index in [1.807, 2.05) is 23.1 Å². The zero-order valence-electron chi connectivity index (χ0n) is 17.2. The summed E-state index contributed by atoms with van der Waals surface area (Å²) < 4.78 is 5.38. The van der Waals surface area contributed by atoms with Crippen molar-refractivity contribution in [3.8, 4) is 5.88 Å². The normalized spacial score (nSPS) is 27.4. The second kappa shape index (κ2) is 6.80. The molecule has 30 heavy (non-hydrogen) atoms. The standard InChI is InChI=1S/C23H25N3O4/c1-25-13-14-5-3-6-17(19(14)22(25)28)21(27)26-15-8-9-16(26)12-23(29,11-15)18-7-4-10-24-20(18)30-2/h3-7,10,15-16,29H,8-9,11-13H2,1-2H3/t15-,16+,23?. The first kappa shape index (κ1) is 19.1. The van der Waals surface area contributed by atoms with Crippen LogP contribution < -0.4 is 4.74 Å². The van der Waals surface area contributed by atoms with E-state index in [4.69, 9.17) is 4.74 Å². The number of pyridine rings is 1. The molecule has 0 spiro atoms. The lowest BCUT2D eigenvalue weighted by atomic mass is 9.80. The number of benzene rings is 1. The summed E-state index contributed by atoms with van der Waals surface area (Å²) in [4.78, 5) is 34.0. The SMILES string of the molecule is COc1ncccc1C1(O)C[C@H]2CC[C@@H](C1)N2C(=O)c1cccc2c1C(=O)N(C)C2. The lowest BCUT2D eigenvalue weighted by Gasteiger charge is -2.44. The Labute approximate surface area is 175 Å². The lowest BCUT2D eigenvalue weighted by Crippen LogP contribution is -2.52. The van der Waals surface area contributed by atoms with Crippen LogP contribution in [-0.4, -0.2) is 57.9 Å². The molecule has 0 aliphatic carbocycles. The van der Waals surface area contributed by atoms with Crippen LogP contribution in [0.1, 0.15) is 57.5 Å². The number of rotatable bonds is 3. The van der Waals surface area contributed by atoms with Crippen molar-refractivity contribution in [2.45, 2.75) is 49.9 Å². The van der Waals surface area contributed by atoms with E-state index in [1.54, 1.807) is 37.4 Å². The number of amides is 2. The van der Waals surface area contributed by atoms with Crippen molar-refractivity contribution in [2.75, 3.05) is 14.2 Å². The summed E-state index contributed by atoms with van der Waals surface area (Å²) in [7, 11) is 3.30. The van der Waals surface area contributed by atoms with Gasteiger partial charge >= 0.3 is 0 Å². The molecule has 4 heterocycles. The number of carbonyl (C=O) groups excluding carboxylic acids is 2. The number of aromatic nitrogens is 1. The van der Waals surface area contributed by atoms with Crippen molar-refractivity contribution in [3.05, 3.63) is 58.8 Å². The van der Waals surface area contributed by atoms with Crippen molar-refractivity contribution in [1.29, 1.82) is 0 Å². The van der Waals surface area contributed by atoms with Gasteiger partial charge in [-0.15, -0.1) is 0 Å². The summed E-state index contributed by atoms with van der Waals surface area (Å²) in [6.07, 6.45) is 4.18. The van der Waals surface area contributed by atoms with E-state index in [0.717, 1.165) is 18.4 Å². The molecule has 3 aliphatic rings. The van der Waals surface area contributed by atoms with Gasteiger partial charge in [0.2, 0.25) is 5.88 Å². The number of piperidine rings is 1. The molecule has 156 valence electrons. The smallest absolute Gasteiger partial charge is 0.255 e. The number of hydrogen-bond donors (Lipinski definition) is 1. The zero-order chi connectivity index (χ0) is 21.0. The molecule has 2 amide bonds. The number of carbonyl (C=O) groups is 2. The van der Waals surface area contributed by atoms with Gasteiger partial charge < -0.3 is 19.6 Å². The van der Waals surface area contributed by atoms with Crippen LogP contribution in [0.3, 0.4) is 0 Å². The summed E-state index contributed by atoms with van der Waals surface area (Å²) >= 11 is 0. The van der Waals surface area contributed by atoms with Gasteiger partial charge in [-0.25, -0.2) is 4.98 Å². The number of hydrogen-bond acceptors (Lipinski definition) is 5. The van der Waals surface area contributed by atoms with Gasteiger partial charge in [-0.2, -0.15) is 0 Å². The Bertz CT molecular complexity index is 1020. The van der Waals surface area contributed by atoms with Gasteiger partial charge in [0.15, 0.2) is 0 Å². The number of methoxy groups -OCH3 is 1.